The van der Waals surface area contributed by atoms with Crippen molar-refractivity contribution in [3.63, 3.8) is 0 Å². The number of hydrogen-bond acceptors (Lipinski definition) is 3. The summed E-state index contributed by atoms with van der Waals surface area (Å²) in [6.07, 6.45) is 4.79. The number of nitrogens with zero attached hydrogens (tertiary/aromatic N) is 1. The van der Waals surface area contributed by atoms with Gasteiger partial charge in [-0.2, -0.15) is 0 Å². The fraction of sp³-hybridized carbons (Fsp3) is 0.308. The van der Waals surface area contributed by atoms with Gasteiger partial charge in [0.15, 0.2) is 0 Å². The number of aryl methyl sites for hydroxylation is 1. The fourth-order valence-corrected chi connectivity index (χ4v) is 2.76. The van der Waals surface area contributed by atoms with Crippen LogP contribution in [0.1, 0.15) is 18.2 Å². The van der Waals surface area contributed by atoms with Crippen molar-refractivity contribution in [2.45, 2.75) is 24.7 Å². The molecule has 0 atom stereocenters. The van der Waals surface area contributed by atoms with Crippen LogP contribution in [0.4, 0.5) is 0 Å². The van der Waals surface area contributed by atoms with Gasteiger partial charge >= 0.3 is 0 Å². The third kappa shape index (κ3) is 3.65. The van der Waals surface area contributed by atoms with E-state index in [-0.39, 0.29) is 0 Å². The minimum absolute atomic E-state index is 0.298. The van der Waals surface area contributed by atoms with Crippen LogP contribution in [0.3, 0.4) is 0 Å². The first-order valence-electron chi connectivity index (χ1n) is 6.18. The highest BCUT2D eigenvalue weighted by molar-refractivity contribution is 7.89. The summed E-state index contributed by atoms with van der Waals surface area (Å²) in [7, 11) is -3.43. The average molecular weight is 279 g/mol. The Morgan fingerprint density at radius 2 is 2.00 bits per heavy atom. The third-order valence-corrected chi connectivity index (χ3v) is 4.35. The van der Waals surface area contributed by atoms with Crippen LogP contribution in [-0.2, 0) is 22.9 Å². The number of aromatic nitrogens is 2. The van der Waals surface area contributed by atoms with Crippen LogP contribution in [0, 0.1) is 0 Å². The molecule has 2 rings (SSSR count). The Kier molecular flexibility index (Phi) is 4.34. The van der Waals surface area contributed by atoms with E-state index < -0.39 is 10.0 Å². The Hall–Kier alpha value is -1.66. The van der Waals surface area contributed by atoms with Gasteiger partial charge in [-0.25, -0.2) is 18.1 Å². The van der Waals surface area contributed by atoms with Gasteiger partial charge in [-0.1, -0.05) is 19.1 Å². The molecule has 0 fully saturated rings. The summed E-state index contributed by atoms with van der Waals surface area (Å²) < 4.78 is 26.6. The maximum Gasteiger partial charge on any atom is 0.240 e. The van der Waals surface area contributed by atoms with Gasteiger partial charge < -0.3 is 4.98 Å². The largest absolute Gasteiger partial charge is 0.351 e. The Morgan fingerprint density at radius 3 is 2.58 bits per heavy atom. The van der Waals surface area contributed by atoms with E-state index in [1.54, 1.807) is 24.7 Å². The standard InChI is InChI=1S/C13H17N3O2S/c1-2-11-3-5-13(6-4-11)19(17,18)16-8-7-12-9-14-10-15-12/h3-6,9-10,16H,2,7-8H2,1H3,(H,14,15). The van der Waals surface area contributed by atoms with E-state index in [0.717, 1.165) is 17.7 Å². The lowest BCUT2D eigenvalue weighted by Crippen LogP contribution is -2.26. The second-order valence-electron chi connectivity index (χ2n) is 4.21. The van der Waals surface area contributed by atoms with Crippen LogP contribution < -0.4 is 4.72 Å². The number of benzene rings is 1. The maximum absolute atomic E-state index is 12.0. The van der Waals surface area contributed by atoms with Gasteiger partial charge in [0.25, 0.3) is 0 Å². The Morgan fingerprint density at radius 1 is 1.26 bits per heavy atom. The predicted octanol–water partition coefficient (Wildman–Crippen LogP) is 1.49. The molecule has 0 unspecified atom stereocenters. The van der Waals surface area contributed by atoms with E-state index in [0.29, 0.717) is 17.9 Å². The van der Waals surface area contributed by atoms with E-state index >= 15 is 0 Å². The van der Waals surface area contributed by atoms with Gasteiger partial charge in [0.1, 0.15) is 0 Å². The summed E-state index contributed by atoms with van der Waals surface area (Å²) in [6, 6.07) is 6.94. The lowest BCUT2D eigenvalue weighted by molar-refractivity contribution is 0.581. The van der Waals surface area contributed by atoms with Crippen molar-refractivity contribution in [3.8, 4) is 0 Å². The van der Waals surface area contributed by atoms with Crippen molar-refractivity contribution in [1.82, 2.24) is 14.7 Å². The summed E-state index contributed by atoms with van der Waals surface area (Å²) in [4.78, 5) is 7.17. The van der Waals surface area contributed by atoms with Gasteiger partial charge in [0, 0.05) is 19.2 Å². The van der Waals surface area contributed by atoms with E-state index in [1.807, 2.05) is 19.1 Å². The number of rotatable bonds is 6. The molecular formula is C13H17N3O2S. The molecule has 0 aliphatic carbocycles. The van der Waals surface area contributed by atoms with Crippen LogP contribution in [-0.4, -0.2) is 24.9 Å². The molecule has 5 nitrogen and oxygen atoms in total. The van der Waals surface area contributed by atoms with Crippen LogP contribution in [0.15, 0.2) is 41.7 Å². The molecule has 0 radical (unpaired) electrons. The second kappa shape index (κ2) is 5.99. The normalized spacial score (nSPS) is 11.6. The minimum atomic E-state index is -3.43. The molecule has 2 N–H and O–H groups in total. The van der Waals surface area contributed by atoms with Gasteiger partial charge in [-0.15, -0.1) is 0 Å². The zero-order valence-electron chi connectivity index (χ0n) is 10.8. The SMILES string of the molecule is CCc1ccc(S(=O)(=O)NCCc2c[nH]cn2)cc1. The lowest BCUT2D eigenvalue weighted by Gasteiger charge is -2.06. The Balaban J connectivity index is 1.97. The van der Waals surface area contributed by atoms with Crippen LogP contribution in [0.5, 0.6) is 0 Å². The highest BCUT2D eigenvalue weighted by Gasteiger charge is 2.12. The highest BCUT2D eigenvalue weighted by atomic mass is 32.2. The molecule has 1 heterocycles. The minimum Gasteiger partial charge on any atom is -0.351 e. The van der Waals surface area contributed by atoms with E-state index in [1.165, 1.54) is 0 Å². The molecule has 102 valence electrons. The first kappa shape index (κ1) is 13.8. The quantitative estimate of drug-likeness (QED) is 0.841. The van der Waals surface area contributed by atoms with Crippen LogP contribution in [0.2, 0.25) is 0 Å². The molecule has 2 aromatic rings. The summed E-state index contributed by atoms with van der Waals surface area (Å²) in [6.45, 7) is 2.37. The Bertz CT molecular complexity index is 604. The monoisotopic (exact) mass is 279 g/mol. The number of aromatic amines is 1. The zero-order valence-corrected chi connectivity index (χ0v) is 11.6. The van der Waals surface area contributed by atoms with Gasteiger partial charge in [-0.05, 0) is 24.1 Å². The van der Waals surface area contributed by atoms with Gasteiger partial charge in [0.05, 0.1) is 16.9 Å². The smallest absolute Gasteiger partial charge is 0.240 e. The van der Waals surface area contributed by atoms with Crippen molar-refractivity contribution in [1.29, 1.82) is 0 Å². The van der Waals surface area contributed by atoms with Gasteiger partial charge in [-0.3, -0.25) is 0 Å². The number of H-pyrrole nitrogens is 1. The molecule has 0 bridgehead atoms. The molecule has 1 aromatic heterocycles. The van der Waals surface area contributed by atoms with E-state index in [4.69, 9.17) is 0 Å². The Labute approximate surface area is 113 Å². The van der Waals surface area contributed by atoms with Crippen LogP contribution >= 0.6 is 0 Å². The molecule has 0 saturated carbocycles. The van der Waals surface area contributed by atoms with Crippen LogP contribution in [0.25, 0.3) is 0 Å². The molecule has 0 saturated heterocycles. The maximum atomic E-state index is 12.0. The molecule has 0 amide bonds. The number of imidazole rings is 1. The van der Waals surface area contributed by atoms with Crippen molar-refractivity contribution < 1.29 is 8.42 Å². The number of sulfonamides is 1. The predicted molar refractivity (Wildman–Crippen MR) is 73.3 cm³/mol. The zero-order chi connectivity index (χ0) is 13.7. The lowest BCUT2D eigenvalue weighted by atomic mass is 10.2. The first-order valence-corrected chi connectivity index (χ1v) is 7.66. The summed E-state index contributed by atoms with van der Waals surface area (Å²) >= 11 is 0. The second-order valence-corrected chi connectivity index (χ2v) is 5.97. The van der Waals surface area contributed by atoms with Crippen molar-refractivity contribution in [2.24, 2.45) is 0 Å². The average Bonchev–Trinajstić information content (AvgIpc) is 2.92. The van der Waals surface area contributed by atoms with E-state index in [9.17, 15) is 8.42 Å². The summed E-state index contributed by atoms with van der Waals surface area (Å²) in [5.41, 5.74) is 1.96. The fourth-order valence-electron chi connectivity index (χ4n) is 1.73. The molecular weight excluding hydrogens is 262 g/mol. The van der Waals surface area contributed by atoms with Gasteiger partial charge in [0.2, 0.25) is 10.0 Å². The molecule has 19 heavy (non-hydrogen) atoms. The molecule has 0 aliphatic rings. The van der Waals surface area contributed by atoms with Crippen molar-refractivity contribution in [2.75, 3.05) is 6.54 Å². The van der Waals surface area contributed by atoms with Crippen molar-refractivity contribution >= 4 is 10.0 Å². The van der Waals surface area contributed by atoms with E-state index in [2.05, 4.69) is 14.7 Å². The summed E-state index contributed by atoms with van der Waals surface area (Å²) in [5.74, 6) is 0. The topological polar surface area (TPSA) is 74.8 Å². The molecule has 0 aliphatic heterocycles. The molecule has 0 spiro atoms. The number of hydrogen-bond donors (Lipinski definition) is 2. The first-order chi connectivity index (χ1) is 9.12. The number of nitrogens with one attached hydrogen (secondary N) is 2. The highest BCUT2D eigenvalue weighted by Crippen LogP contribution is 2.10. The molecule has 1 aromatic carbocycles. The molecule has 6 heteroatoms. The van der Waals surface area contributed by atoms with Crippen molar-refractivity contribution in [3.05, 3.63) is 48.0 Å². The third-order valence-electron chi connectivity index (χ3n) is 2.87. The summed E-state index contributed by atoms with van der Waals surface area (Å²) in [5, 5.41) is 0.